The number of aromatic nitrogens is 1. The van der Waals surface area contributed by atoms with E-state index < -0.39 is 0 Å². The number of carbonyl (C=O) groups excluding carboxylic acids is 1. The summed E-state index contributed by atoms with van der Waals surface area (Å²) in [6, 6.07) is 8.15. The summed E-state index contributed by atoms with van der Waals surface area (Å²) in [4.78, 5) is 12.0. The zero-order valence-corrected chi connectivity index (χ0v) is 11.8. The highest BCUT2D eigenvalue weighted by Gasteiger charge is 2.17. The van der Waals surface area contributed by atoms with Crippen LogP contribution in [0.1, 0.15) is 42.7 Å². The zero-order valence-electron chi connectivity index (χ0n) is 11.8. The fourth-order valence-corrected chi connectivity index (χ4v) is 2.70. The molecule has 100 valence electrons. The molecule has 2 rings (SSSR count). The van der Waals surface area contributed by atoms with Gasteiger partial charge in [0, 0.05) is 18.0 Å². The highest BCUT2D eigenvalue weighted by molar-refractivity contribution is 5.95. The van der Waals surface area contributed by atoms with Crippen LogP contribution in [0.5, 0.6) is 0 Å². The minimum atomic E-state index is 0.0950. The van der Waals surface area contributed by atoms with Crippen LogP contribution in [0.4, 0.5) is 0 Å². The molecule has 19 heavy (non-hydrogen) atoms. The number of nitrogens with zero attached hydrogens (tertiary/aromatic N) is 1. The van der Waals surface area contributed by atoms with Gasteiger partial charge in [0.05, 0.1) is 5.52 Å². The molecule has 0 saturated heterocycles. The maximum atomic E-state index is 12.0. The van der Waals surface area contributed by atoms with Crippen molar-refractivity contribution < 1.29 is 4.79 Å². The Kier molecular flexibility index (Phi) is 4.20. The second kappa shape index (κ2) is 5.87. The second-order valence-electron chi connectivity index (χ2n) is 4.89. The third-order valence-corrected chi connectivity index (χ3v) is 3.52. The van der Waals surface area contributed by atoms with Crippen molar-refractivity contribution in [3.63, 3.8) is 0 Å². The van der Waals surface area contributed by atoms with E-state index in [9.17, 15) is 4.79 Å². The Bertz CT molecular complexity index is 607. The van der Waals surface area contributed by atoms with Crippen LogP contribution < -0.4 is 0 Å². The van der Waals surface area contributed by atoms with E-state index in [0.717, 1.165) is 36.9 Å². The van der Waals surface area contributed by atoms with Gasteiger partial charge in [0.25, 0.3) is 0 Å². The molecular formula is C17H21NO. The van der Waals surface area contributed by atoms with Crippen LogP contribution in [0, 0.1) is 0 Å². The average Bonchev–Trinajstić information content (AvgIpc) is 2.71. The molecule has 0 aliphatic heterocycles. The van der Waals surface area contributed by atoms with Gasteiger partial charge in [0.2, 0.25) is 5.91 Å². The molecule has 0 aliphatic carbocycles. The van der Waals surface area contributed by atoms with E-state index in [1.165, 1.54) is 10.9 Å². The Hall–Kier alpha value is -1.83. The number of allylic oxidation sites excluding steroid dienone is 1. The van der Waals surface area contributed by atoms with Crippen LogP contribution in [0.3, 0.4) is 0 Å². The molecule has 1 heterocycles. The molecule has 0 saturated carbocycles. The van der Waals surface area contributed by atoms with Gasteiger partial charge < -0.3 is 0 Å². The first-order valence-corrected chi connectivity index (χ1v) is 6.93. The Morgan fingerprint density at radius 2 is 2.11 bits per heavy atom. The van der Waals surface area contributed by atoms with Crippen molar-refractivity contribution in [1.29, 1.82) is 0 Å². The molecule has 0 unspecified atom stereocenters. The molecular weight excluding hydrogens is 234 g/mol. The van der Waals surface area contributed by atoms with Crippen molar-refractivity contribution in [3.8, 4) is 0 Å². The van der Waals surface area contributed by atoms with Gasteiger partial charge in [0.1, 0.15) is 0 Å². The molecule has 0 atom stereocenters. The first kappa shape index (κ1) is 13.6. The van der Waals surface area contributed by atoms with E-state index in [1.54, 1.807) is 6.92 Å². The predicted octanol–water partition coefficient (Wildman–Crippen LogP) is 4.37. The molecule has 0 bridgehead atoms. The van der Waals surface area contributed by atoms with E-state index >= 15 is 0 Å². The number of fused-ring (bicyclic) bond motifs is 1. The number of benzene rings is 1. The van der Waals surface area contributed by atoms with Gasteiger partial charge in [-0.3, -0.25) is 9.36 Å². The van der Waals surface area contributed by atoms with Gasteiger partial charge in [-0.25, -0.2) is 0 Å². The average molecular weight is 255 g/mol. The van der Waals surface area contributed by atoms with Crippen LogP contribution in [0.2, 0.25) is 0 Å². The minimum Gasteiger partial charge on any atom is -0.284 e. The van der Waals surface area contributed by atoms with E-state index in [1.807, 2.05) is 28.8 Å². The standard InChI is InChI=1S/C17H21NO/c1-4-6-11-16-14(9-5-2)15-10-7-8-12-17(15)18(16)13(3)19/h5,7-8,10,12H,2,4,6,9,11H2,1,3H3. The van der Waals surface area contributed by atoms with Crippen LogP contribution in [0.25, 0.3) is 10.9 Å². The van der Waals surface area contributed by atoms with Crippen molar-refractivity contribution in [3.05, 3.63) is 48.2 Å². The molecule has 1 aromatic heterocycles. The molecule has 2 heteroatoms. The summed E-state index contributed by atoms with van der Waals surface area (Å²) in [5.41, 5.74) is 3.45. The molecule has 2 nitrogen and oxygen atoms in total. The van der Waals surface area contributed by atoms with E-state index in [-0.39, 0.29) is 5.91 Å². The van der Waals surface area contributed by atoms with Gasteiger partial charge in [-0.2, -0.15) is 0 Å². The van der Waals surface area contributed by atoms with Crippen molar-refractivity contribution in [1.82, 2.24) is 4.57 Å². The van der Waals surface area contributed by atoms with Gasteiger partial charge in [-0.1, -0.05) is 37.6 Å². The molecule has 1 aromatic carbocycles. The molecule has 0 aliphatic rings. The van der Waals surface area contributed by atoms with E-state index in [2.05, 4.69) is 19.6 Å². The lowest BCUT2D eigenvalue weighted by molar-refractivity contribution is 0.0938. The molecule has 0 spiro atoms. The fraction of sp³-hybridized carbons (Fsp3) is 0.353. The topological polar surface area (TPSA) is 22.0 Å². The van der Waals surface area contributed by atoms with Crippen LogP contribution in [0.15, 0.2) is 36.9 Å². The lowest BCUT2D eigenvalue weighted by Crippen LogP contribution is -2.10. The number of para-hydroxylation sites is 1. The Morgan fingerprint density at radius 3 is 2.74 bits per heavy atom. The third-order valence-electron chi connectivity index (χ3n) is 3.52. The number of hydrogen-bond acceptors (Lipinski definition) is 1. The maximum Gasteiger partial charge on any atom is 0.228 e. The van der Waals surface area contributed by atoms with Gasteiger partial charge >= 0.3 is 0 Å². The quantitative estimate of drug-likeness (QED) is 0.727. The minimum absolute atomic E-state index is 0.0950. The monoisotopic (exact) mass is 255 g/mol. The smallest absolute Gasteiger partial charge is 0.228 e. The summed E-state index contributed by atoms with van der Waals surface area (Å²) < 4.78 is 1.88. The fourth-order valence-electron chi connectivity index (χ4n) is 2.70. The third kappa shape index (κ3) is 2.48. The lowest BCUT2D eigenvalue weighted by atomic mass is 10.0. The normalized spacial score (nSPS) is 10.8. The summed E-state index contributed by atoms with van der Waals surface area (Å²) in [6.07, 6.45) is 5.93. The number of rotatable bonds is 5. The summed E-state index contributed by atoms with van der Waals surface area (Å²) in [7, 11) is 0. The van der Waals surface area contributed by atoms with Crippen LogP contribution >= 0.6 is 0 Å². The van der Waals surface area contributed by atoms with Gasteiger partial charge in [-0.15, -0.1) is 6.58 Å². The van der Waals surface area contributed by atoms with Gasteiger partial charge in [0.15, 0.2) is 0 Å². The van der Waals surface area contributed by atoms with Crippen molar-refractivity contribution in [2.45, 2.75) is 39.5 Å². The molecule has 0 N–H and O–H groups in total. The lowest BCUT2D eigenvalue weighted by Gasteiger charge is -2.08. The zero-order chi connectivity index (χ0) is 13.8. The summed E-state index contributed by atoms with van der Waals surface area (Å²) in [5.74, 6) is 0.0950. The molecule has 0 amide bonds. The summed E-state index contributed by atoms with van der Waals surface area (Å²) >= 11 is 0. The van der Waals surface area contributed by atoms with Crippen molar-refractivity contribution in [2.24, 2.45) is 0 Å². The molecule has 0 fully saturated rings. The Labute approximate surface area is 114 Å². The maximum absolute atomic E-state index is 12.0. The van der Waals surface area contributed by atoms with Crippen LogP contribution in [-0.4, -0.2) is 10.5 Å². The first-order chi connectivity index (χ1) is 9.20. The Morgan fingerprint density at radius 1 is 1.37 bits per heavy atom. The number of hydrogen-bond donors (Lipinski definition) is 0. The second-order valence-corrected chi connectivity index (χ2v) is 4.89. The first-order valence-electron chi connectivity index (χ1n) is 6.93. The molecule has 0 radical (unpaired) electrons. The summed E-state index contributed by atoms with van der Waals surface area (Å²) in [5, 5.41) is 1.18. The predicted molar refractivity (Wildman–Crippen MR) is 80.8 cm³/mol. The van der Waals surface area contributed by atoms with Gasteiger partial charge in [-0.05, 0) is 30.9 Å². The van der Waals surface area contributed by atoms with Crippen LogP contribution in [-0.2, 0) is 12.8 Å². The van der Waals surface area contributed by atoms with Crippen molar-refractivity contribution in [2.75, 3.05) is 0 Å². The SMILES string of the molecule is C=CCc1c(CCCC)n(C(C)=O)c2ccccc12. The van der Waals surface area contributed by atoms with Crippen molar-refractivity contribution >= 4 is 16.8 Å². The molecule has 2 aromatic rings. The summed E-state index contributed by atoms with van der Waals surface area (Å²) in [6.45, 7) is 7.66. The number of carbonyl (C=O) groups is 1. The highest BCUT2D eigenvalue weighted by atomic mass is 16.1. The number of unbranched alkanes of at least 4 members (excludes halogenated alkanes) is 1. The highest BCUT2D eigenvalue weighted by Crippen LogP contribution is 2.28. The Balaban J connectivity index is 2.71. The van der Waals surface area contributed by atoms with E-state index in [0.29, 0.717) is 0 Å². The van der Waals surface area contributed by atoms with E-state index in [4.69, 9.17) is 0 Å². The largest absolute Gasteiger partial charge is 0.284 e.